The third kappa shape index (κ3) is 5.36. The number of rotatable bonds is 5. The van der Waals surface area contributed by atoms with Crippen LogP contribution in [0, 0.1) is 0 Å². The molecule has 0 bridgehead atoms. The van der Waals surface area contributed by atoms with Gasteiger partial charge in [-0.2, -0.15) is 0 Å². The molecular formula is C20H24ClN5O2. The maximum absolute atomic E-state index is 12.5. The molecule has 1 fully saturated rings. The van der Waals surface area contributed by atoms with Gasteiger partial charge in [0, 0.05) is 43.1 Å². The molecule has 0 spiro atoms. The third-order valence-corrected chi connectivity index (χ3v) is 4.88. The van der Waals surface area contributed by atoms with Crippen molar-refractivity contribution in [2.45, 2.75) is 19.5 Å². The Hall–Kier alpha value is -2.80. The number of pyridine rings is 1. The van der Waals surface area contributed by atoms with Gasteiger partial charge in [-0.1, -0.05) is 23.7 Å². The van der Waals surface area contributed by atoms with E-state index in [0.717, 1.165) is 11.4 Å². The number of hydrogen-bond donors (Lipinski definition) is 2. The smallest absolute Gasteiger partial charge is 0.318 e. The highest BCUT2D eigenvalue weighted by Crippen LogP contribution is 2.20. The first kappa shape index (κ1) is 19.9. The summed E-state index contributed by atoms with van der Waals surface area (Å²) in [6, 6.07) is 12.4. The Morgan fingerprint density at radius 2 is 1.93 bits per heavy atom. The van der Waals surface area contributed by atoms with Crippen LogP contribution in [0.25, 0.3) is 0 Å². The summed E-state index contributed by atoms with van der Waals surface area (Å²) in [6.45, 7) is 4.61. The Morgan fingerprint density at radius 3 is 2.61 bits per heavy atom. The highest BCUT2D eigenvalue weighted by atomic mass is 35.5. The molecule has 28 heavy (non-hydrogen) atoms. The predicted octanol–water partition coefficient (Wildman–Crippen LogP) is 2.27. The number of carbonyl (C=O) groups is 2. The lowest BCUT2D eigenvalue weighted by molar-refractivity contribution is -0.122. The maximum Gasteiger partial charge on any atom is 0.318 e. The fourth-order valence-corrected chi connectivity index (χ4v) is 3.20. The molecule has 148 valence electrons. The number of anilines is 1. The average molecular weight is 402 g/mol. The second-order valence-corrected chi connectivity index (χ2v) is 7.10. The van der Waals surface area contributed by atoms with Crippen molar-refractivity contribution in [1.29, 1.82) is 0 Å². The normalized spacial score (nSPS) is 15.1. The summed E-state index contributed by atoms with van der Waals surface area (Å²) in [5.74, 6) is -0.239. The average Bonchev–Trinajstić information content (AvgIpc) is 2.72. The number of halogens is 1. The molecule has 2 N–H and O–H groups in total. The summed E-state index contributed by atoms with van der Waals surface area (Å²) in [5.41, 5.74) is 1.82. The van der Waals surface area contributed by atoms with Crippen molar-refractivity contribution in [3.63, 3.8) is 0 Å². The zero-order valence-electron chi connectivity index (χ0n) is 15.8. The molecule has 1 aromatic heterocycles. The van der Waals surface area contributed by atoms with E-state index in [0.29, 0.717) is 37.7 Å². The lowest BCUT2D eigenvalue weighted by atomic mass is 10.2. The summed E-state index contributed by atoms with van der Waals surface area (Å²) < 4.78 is 0. The summed E-state index contributed by atoms with van der Waals surface area (Å²) in [7, 11) is 0. The Kier molecular flexibility index (Phi) is 6.71. The molecule has 0 radical (unpaired) electrons. The van der Waals surface area contributed by atoms with Gasteiger partial charge in [0.1, 0.15) is 6.04 Å². The van der Waals surface area contributed by atoms with Gasteiger partial charge in [-0.15, -0.1) is 0 Å². The second-order valence-electron chi connectivity index (χ2n) is 6.66. The third-order valence-electron chi connectivity index (χ3n) is 4.64. The van der Waals surface area contributed by atoms with Crippen molar-refractivity contribution in [1.82, 2.24) is 20.5 Å². The highest BCUT2D eigenvalue weighted by molar-refractivity contribution is 6.30. The minimum Gasteiger partial charge on any atom is -0.368 e. The fourth-order valence-electron chi connectivity index (χ4n) is 3.02. The van der Waals surface area contributed by atoms with Crippen LogP contribution in [0.1, 0.15) is 12.6 Å². The van der Waals surface area contributed by atoms with Gasteiger partial charge in [0.15, 0.2) is 0 Å². The van der Waals surface area contributed by atoms with Crippen LogP contribution in [0.15, 0.2) is 48.7 Å². The van der Waals surface area contributed by atoms with Crippen molar-refractivity contribution < 1.29 is 9.59 Å². The van der Waals surface area contributed by atoms with Crippen molar-refractivity contribution in [3.05, 3.63) is 59.4 Å². The molecule has 2 heterocycles. The number of aromatic nitrogens is 1. The van der Waals surface area contributed by atoms with Crippen molar-refractivity contribution in [2.75, 3.05) is 31.1 Å². The van der Waals surface area contributed by atoms with E-state index in [4.69, 9.17) is 11.6 Å². The Bertz CT molecular complexity index is 809. The largest absolute Gasteiger partial charge is 0.368 e. The number of piperazine rings is 1. The minimum atomic E-state index is -0.623. The molecule has 1 atom stereocenters. The molecular weight excluding hydrogens is 378 g/mol. The lowest BCUT2D eigenvalue weighted by Crippen LogP contribution is -2.55. The van der Waals surface area contributed by atoms with Crippen LogP contribution >= 0.6 is 11.6 Å². The molecule has 0 saturated carbocycles. The van der Waals surface area contributed by atoms with E-state index in [1.165, 1.54) is 0 Å². The van der Waals surface area contributed by atoms with Crippen LogP contribution in [-0.4, -0.2) is 54.0 Å². The van der Waals surface area contributed by atoms with Crippen molar-refractivity contribution in [3.8, 4) is 0 Å². The van der Waals surface area contributed by atoms with Crippen LogP contribution in [-0.2, 0) is 11.3 Å². The summed E-state index contributed by atoms with van der Waals surface area (Å²) in [5, 5.41) is 6.25. The van der Waals surface area contributed by atoms with Gasteiger partial charge in [-0.3, -0.25) is 9.78 Å². The Balaban J connectivity index is 1.44. The first-order valence-corrected chi connectivity index (χ1v) is 9.64. The van der Waals surface area contributed by atoms with Gasteiger partial charge in [-0.25, -0.2) is 4.79 Å². The lowest BCUT2D eigenvalue weighted by Gasteiger charge is -2.36. The summed E-state index contributed by atoms with van der Waals surface area (Å²) in [6.07, 6.45) is 1.68. The van der Waals surface area contributed by atoms with Gasteiger partial charge in [-0.05, 0) is 37.3 Å². The first-order valence-electron chi connectivity index (χ1n) is 9.26. The Labute approximate surface area is 169 Å². The van der Waals surface area contributed by atoms with E-state index < -0.39 is 6.04 Å². The summed E-state index contributed by atoms with van der Waals surface area (Å²) in [4.78, 5) is 32.8. The second kappa shape index (κ2) is 9.41. The molecule has 3 rings (SSSR count). The molecule has 8 heteroatoms. The molecule has 1 unspecified atom stereocenters. The zero-order valence-corrected chi connectivity index (χ0v) is 16.5. The van der Waals surface area contributed by atoms with Gasteiger partial charge >= 0.3 is 6.03 Å². The van der Waals surface area contributed by atoms with Crippen LogP contribution in [0.4, 0.5) is 10.5 Å². The molecule has 7 nitrogen and oxygen atoms in total. The standard InChI is InChI=1S/C20H24ClN5O2/c1-15(19(27)23-14-17-6-2-3-8-22-17)24-20(28)26-11-9-25(10-12-26)18-7-4-5-16(21)13-18/h2-8,13,15H,9-12,14H2,1H3,(H,23,27)(H,24,28). The molecule has 1 aliphatic heterocycles. The molecule has 1 aliphatic rings. The van der Waals surface area contributed by atoms with Crippen molar-refractivity contribution >= 4 is 29.2 Å². The van der Waals surface area contributed by atoms with Crippen molar-refractivity contribution in [2.24, 2.45) is 0 Å². The van der Waals surface area contributed by atoms with Crippen LogP contribution < -0.4 is 15.5 Å². The Morgan fingerprint density at radius 1 is 1.14 bits per heavy atom. The van der Waals surface area contributed by atoms with Crippen LogP contribution in [0.5, 0.6) is 0 Å². The van der Waals surface area contributed by atoms with Gasteiger partial charge in [0.05, 0.1) is 12.2 Å². The zero-order chi connectivity index (χ0) is 19.9. The van der Waals surface area contributed by atoms with Gasteiger partial charge < -0.3 is 20.4 Å². The van der Waals surface area contributed by atoms with Gasteiger partial charge in [0.2, 0.25) is 5.91 Å². The van der Waals surface area contributed by atoms with Crippen LogP contribution in [0.2, 0.25) is 5.02 Å². The fraction of sp³-hybridized carbons (Fsp3) is 0.350. The minimum absolute atomic E-state index is 0.230. The quantitative estimate of drug-likeness (QED) is 0.805. The highest BCUT2D eigenvalue weighted by Gasteiger charge is 2.24. The monoisotopic (exact) mass is 401 g/mol. The summed E-state index contributed by atoms with van der Waals surface area (Å²) >= 11 is 6.05. The topological polar surface area (TPSA) is 77.6 Å². The number of carbonyl (C=O) groups excluding carboxylic acids is 2. The van der Waals surface area contributed by atoms with E-state index in [1.54, 1.807) is 18.0 Å². The molecule has 0 aliphatic carbocycles. The van der Waals surface area contributed by atoms with E-state index >= 15 is 0 Å². The predicted molar refractivity (Wildman–Crippen MR) is 109 cm³/mol. The van der Waals surface area contributed by atoms with E-state index in [-0.39, 0.29) is 11.9 Å². The number of amides is 3. The number of hydrogen-bond acceptors (Lipinski definition) is 4. The van der Waals surface area contributed by atoms with E-state index in [2.05, 4.69) is 20.5 Å². The molecule has 1 saturated heterocycles. The molecule has 3 amide bonds. The number of nitrogens with zero attached hydrogens (tertiary/aromatic N) is 3. The van der Waals surface area contributed by atoms with Crippen LogP contribution in [0.3, 0.4) is 0 Å². The van der Waals surface area contributed by atoms with E-state index in [1.807, 2.05) is 42.5 Å². The number of urea groups is 1. The van der Waals surface area contributed by atoms with Gasteiger partial charge in [0.25, 0.3) is 0 Å². The SMILES string of the molecule is CC(NC(=O)N1CCN(c2cccc(Cl)c2)CC1)C(=O)NCc1ccccn1. The maximum atomic E-state index is 12.5. The number of nitrogens with one attached hydrogen (secondary N) is 2. The molecule has 1 aromatic carbocycles. The first-order chi connectivity index (χ1) is 13.5. The van der Waals surface area contributed by atoms with E-state index in [9.17, 15) is 9.59 Å². The molecule has 2 aromatic rings. The number of benzene rings is 1.